The van der Waals surface area contributed by atoms with Crippen molar-refractivity contribution in [2.24, 2.45) is 0 Å². The van der Waals surface area contributed by atoms with Crippen LogP contribution in [0.4, 0.5) is 0 Å². The molecule has 0 aliphatic rings. The molecule has 1 aromatic heterocycles. The third-order valence-corrected chi connectivity index (χ3v) is 4.61. The number of carbonyl (C=O) groups excluding carboxylic acids is 2. The lowest BCUT2D eigenvalue weighted by Crippen LogP contribution is -2.30. The van der Waals surface area contributed by atoms with E-state index in [1.165, 1.54) is 18.4 Å². The van der Waals surface area contributed by atoms with E-state index in [0.29, 0.717) is 15.6 Å². The van der Waals surface area contributed by atoms with Crippen LogP contribution >= 0.6 is 22.9 Å². The van der Waals surface area contributed by atoms with Gasteiger partial charge >= 0.3 is 5.97 Å². The van der Waals surface area contributed by atoms with Crippen molar-refractivity contribution in [3.8, 4) is 0 Å². The minimum Gasteiger partial charge on any atom is -0.469 e. The Morgan fingerprint density at radius 2 is 1.96 bits per heavy atom. The molecule has 1 heterocycles. The lowest BCUT2D eigenvalue weighted by molar-refractivity contribution is -0.141. The number of hydrogen-bond acceptors (Lipinski definition) is 5. The Labute approximate surface area is 143 Å². The van der Waals surface area contributed by atoms with Gasteiger partial charge in [0.25, 0.3) is 5.91 Å². The van der Waals surface area contributed by atoms with E-state index < -0.39 is 12.0 Å². The largest absolute Gasteiger partial charge is 0.469 e. The molecule has 0 saturated carbocycles. The van der Waals surface area contributed by atoms with Crippen LogP contribution in [0.2, 0.25) is 5.02 Å². The number of esters is 1. The molecule has 1 aromatic carbocycles. The number of amides is 1. The molecule has 0 fully saturated rings. The van der Waals surface area contributed by atoms with Gasteiger partial charge in [-0.25, -0.2) is 4.98 Å². The van der Waals surface area contributed by atoms with Crippen molar-refractivity contribution in [2.75, 3.05) is 7.11 Å². The van der Waals surface area contributed by atoms with E-state index in [2.05, 4.69) is 10.3 Å². The number of benzene rings is 1. The third-order valence-electron chi connectivity index (χ3n) is 3.29. The van der Waals surface area contributed by atoms with Gasteiger partial charge in [-0.1, -0.05) is 23.7 Å². The molecule has 0 aliphatic carbocycles. The lowest BCUT2D eigenvalue weighted by Gasteiger charge is -2.18. The Balaban J connectivity index is 2.23. The van der Waals surface area contributed by atoms with Crippen molar-refractivity contribution in [1.29, 1.82) is 0 Å². The van der Waals surface area contributed by atoms with Gasteiger partial charge in [-0.3, -0.25) is 9.59 Å². The van der Waals surface area contributed by atoms with Crippen LogP contribution in [0.3, 0.4) is 0 Å². The van der Waals surface area contributed by atoms with E-state index in [0.717, 1.165) is 10.6 Å². The molecule has 0 radical (unpaired) electrons. The molecule has 1 atom stereocenters. The number of nitrogens with zero attached hydrogens (tertiary/aromatic N) is 1. The molecule has 122 valence electrons. The molecule has 1 N–H and O–H groups in total. The van der Waals surface area contributed by atoms with Crippen LogP contribution < -0.4 is 5.32 Å². The number of nitrogens with one attached hydrogen (secondary N) is 1. The molecule has 2 rings (SSSR count). The zero-order valence-corrected chi connectivity index (χ0v) is 14.6. The van der Waals surface area contributed by atoms with E-state index in [1.807, 2.05) is 6.92 Å². The molecular weight excluding hydrogens is 336 g/mol. The molecule has 0 spiro atoms. The van der Waals surface area contributed by atoms with E-state index in [4.69, 9.17) is 16.3 Å². The first-order valence-corrected chi connectivity index (χ1v) is 8.17. The fourth-order valence-corrected chi connectivity index (χ4v) is 3.11. The number of aryl methyl sites for hydroxylation is 2. The number of carbonyl (C=O) groups is 2. The molecule has 0 saturated heterocycles. The predicted molar refractivity (Wildman–Crippen MR) is 89.9 cm³/mol. The first-order chi connectivity index (χ1) is 10.9. The Morgan fingerprint density at radius 1 is 1.30 bits per heavy atom. The van der Waals surface area contributed by atoms with Crippen LogP contribution in [0.1, 0.15) is 38.4 Å². The van der Waals surface area contributed by atoms with Gasteiger partial charge < -0.3 is 10.1 Å². The normalized spacial score (nSPS) is 11.8. The second-order valence-electron chi connectivity index (χ2n) is 5.01. The first-order valence-electron chi connectivity index (χ1n) is 6.98. The SMILES string of the molecule is COC(=O)C[C@@H](NC(=O)c1sc(C)nc1C)c1ccc(Cl)cc1. The molecule has 0 aliphatic heterocycles. The van der Waals surface area contributed by atoms with E-state index in [-0.39, 0.29) is 12.3 Å². The van der Waals surface area contributed by atoms with Gasteiger partial charge in [0.15, 0.2) is 0 Å². The number of ether oxygens (including phenoxy) is 1. The highest BCUT2D eigenvalue weighted by atomic mass is 35.5. The molecule has 7 heteroatoms. The second-order valence-corrected chi connectivity index (χ2v) is 6.64. The highest BCUT2D eigenvalue weighted by molar-refractivity contribution is 7.13. The number of hydrogen-bond donors (Lipinski definition) is 1. The molecular formula is C16H17ClN2O3S. The minimum absolute atomic E-state index is 0.0424. The number of halogens is 1. The third kappa shape index (κ3) is 4.53. The van der Waals surface area contributed by atoms with Gasteiger partial charge in [-0.2, -0.15) is 0 Å². The van der Waals surface area contributed by atoms with Crippen molar-refractivity contribution < 1.29 is 14.3 Å². The van der Waals surface area contributed by atoms with Gasteiger partial charge in [0.1, 0.15) is 4.88 Å². The fourth-order valence-electron chi connectivity index (χ4n) is 2.16. The van der Waals surface area contributed by atoms with Crippen molar-refractivity contribution >= 4 is 34.8 Å². The summed E-state index contributed by atoms with van der Waals surface area (Å²) in [5.41, 5.74) is 1.46. The summed E-state index contributed by atoms with van der Waals surface area (Å²) in [4.78, 5) is 28.9. The molecule has 5 nitrogen and oxygen atoms in total. The monoisotopic (exact) mass is 352 g/mol. The van der Waals surface area contributed by atoms with Crippen molar-refractivity contribution in [3.05, 3.63) is 50.4 Å². The molecule has 0 unspecified atom stereocenters. The smallest absolute Gasteiger partial charge is 0.307 e. The van der Waals surface area contributed by atoms with E-state index >= 15 is 0 Å². The minimum atomic E-state index is -0.492. The number of thiazole rings is 1. The Bertz CT molecular complexity index is 713. The van der Waals surface area contributed by atoms with Crippen LogP contribution in [0.15, 0.2) is 24.3 Å². The van der Waals surface area contributed by atoms with Crippen LogP contribution in [0, 0.1) is 13.8 Å². The molecule has 1 amide bonds. The Hall–Kier alpha value is -1.92. The highest BCUT2D eigenvalue weighted by Crippen LogP contribution is 2.23. The summed E-state index contributed by atoms with van der Waals surface area (Å²) in [5, 5.41) is 4.29. The van der Waals surface area contributed by atoms with Crippen molar-refractivity contribution in [3.63, 3.8) is 0 Å². The van der Waals surface area contributed by atoms with E-state index in [9.17, 15) is 9.59 Å². The van der Waals surface area contributed by atoms with Gasteiger partial charge in [0.2, 0.25) is 0 Å². The second kappa shape index (κ2) is 7.57. The number of rotatable bonds is 5. The Morgan fingerprint density at radius 3 is 2.48 bits per heavy atom. The summed E-state index contributed by atoms with van der Waals surface area (Å²) in [6.45, 7) is 3.63. The van der Waals surface area contributed by atoms with Crippen LogP contribution in [0.5, 0.6) is 0 Å². The standard InChI is InChI=1S/C16H17ClN2O3S/c1-9-15(23-10(2)18-9)16(21)19-13(8-14(20)22-3)11-4-6-12(17)7-5-11/h4-7,13H,8H2,1-3H3,(H,19,21)/t13-/m1/s1. The first kappa shape index (κ1) is 17.4. The average molecular weight is 353 g/mol. The quantitative estimate of drug-likeness (QED) is 0.837. The maximum Gasteiger partial charge on any atom is 0.307 e. The topological polar surface area (TPSA) is 68.3 Å². The zero-order valence-electron chi connectivity index (χ0n) is 13.1. The van der Waals surface area contributed by atoms with Gasteiger partial charge in [-0.05, 0) is 31.5 Å². The highest BCUT2D eigenvalue weighted by Gasteiger charge is 2.22. The summed E-state index contributed by atoms with van der Waals surface area (Å²) >= 11 is 7.22. The van der Waals surface area contributed by atoms with Crippen LogP contribution in [-0.2, 0) is 9.53 Å². The summed E-state index contributed by atoms with van der Waals surface area (Å²) in [5.74, 6) is -0.653. The summed E-state index contributed by atoms with van der Waals surface area (Å²) in [6, 6.07) is 6.50. The molecule has 0 bridgehead atoms. The van der Waals surface area contributed by atoms with Crippen LogP contribution in [0.25, 0.3) is 0 Å². The van der Waals surface area contributed by atoms with Crippen LogP contribution in [-0.4, -0.2) is 24.0 Å². The predicted octanol–water partition coefficient (Wildman–Crippen LogP) is 3.45. The number of methoxy groups -OCH3 is 1. The summed E-state index contributed by atoms with van der Waals surface area (Å²) in [6.07, 6.45) is 0.0424. The molecule has 23 heavy (non-hydrogen) atoms. The maximum atomic E-state index is 12.5. The zero-order chi connectivity index (χ0) is 17.0. The maximum absolute atomic E-state index is 12.5. The van der Waals surface area contributed by atoms with Gasteiger partial charge in [0, 0.05) is 5.02 Å². The average Bonchev–Trinajstić information content (AvgIpc) is 2.86. The summed E-state index contributed by atoms with van der Waals surface area (Å²) in [7, 11) is 1.32. The molecule has 2 aromatic rings. The number of aromatic nitrogens is 1. The van der Waals surface area contributed by atoms with Gasteiger partial charge in [0.05, 0.1) is 30.3 Å². The van der Waals surface area contributed by atoms with E-state index in [1.54, 1.807) is 31.2 Å². The Kier molecular flexibility index (Phi) is 5.74. The fraction of sp³-hybridized carbons (Fsp3) is 0.312. The summed E-state index contributed by atoms with van der Waals surface area (Å²) < 4.78 is 4.72. The lowest BCUT2D eigenvalue weighted by atomic mass is 10.0. The van der Waals surface area contributed by atoms with Gasteiger partial charge in [-0.15, -0.1) is 11.3 Å². The van der Waals surface area contributed by atoms with Crippen molar-refractivity contribution in [2.45, 2.75) is 26.3 Å². The van der Waals surface area contributed by atoms with Crippen molar-refractivity contribution in [1.82, 2.24) is 10.3 Å².